The molecule has 1 aliphatic heterocycles. The zero-order valence-corrected chi connectivity index (χ0v) is 22.4. The van der Waals surface area contributed by atoms with E-state index in [1.54, 1.807) is 4.57 Å². The number of nitrogens with zero attached hydrogens (tertiary/aromatic N) is 3. The molecule has 0 saturated heterocycles. The fraction of sp³-hybridized carbons (Fsp3) is 0.226. The third kappa shape index (κ3) is 7.57. The summed E-state index contributed by atoms with van der Waals surface area (Å²) in [6, 6.07) is 25.8. The lowest BCUT2D eigenvalue weighted by molar-refractivity contribution is -0.134. The van der Waals surface area contributed by atoms with Crippen molar-refractivity contribution in [3.8, 4) is 5.75 Å². The lowest BCUT2D eigenvalue weighted by Crippen LogP contribution is -2.32. The second kappa shape index (κ2) is 13.2. The molecule has 0 aliphatic carbocycles. The molecule has 0 saturated carbocycles. The number of carboxylic acids is 1. The lowest BCUT2D eigenvalue weighted by Gasteiger charge is -2.23. The van der Waals surface area contributed by atoms with Crippen LogP contribution in [-0.2, 0) is 29.2 Å². The maximum atomic E-state index is 13.1. The first-order valence-electron chi connectivity index (χ1n) is 13.0. The molecule has 40 heavy (non-hydrogen) atoms. The van der Waals surface area contributed by atoms with Crippen molar-refractivity contribution in [2.24, 2.45) is 4.99 Å². The first-order valence-corrected chi connectivity index (χ1v) is 13.0. The number of carboxylic acid groups (broad SMARTS) is 1. The van der Waals surface area contributed by atoms with Gasteiger partial charge in [0, 0.05) is 32.0 Å². The van der Waals surface area contributed by atoms with E-state index in [0.29, 0.717) is 50.1 Å². The van der Waals surface area contributed by atoms with Crippen LogP contribution in [0, 0.1) is 0 Å². The van der Waals surface area contributed by atoms with Gasteiger partial charge in [-0.1, -0.05) is 67.2 Å². The van der Waals surface area contributed by atoms with Gasteiger partial charge in [-0.25, -0.2) is 4.99 Å². The normalized spacial score (nSPS) is 11.2. The molecule has 5 rings (SSSR count). The van der Waals surface area contributed by atoms with Gasteiger partial charge in [-0.05, 0) is 35.7 Å². The zero-order chi connectivity index (χ0) is 28.5. The molecular formula is C31H32N4O5. The minimum atomic E-state index is -0.833. The summed E-state index contributed by atoms with van der Waals surface area (Å²) in [5.41, 5.74) is 4.26. The average molecular weight is 541 g/mol. The van der Waals surface area contributed by atoms with E-state index in [0.717, 1.165) is 35.1 Å². The van der Waals surface area contributed by atoms with Crippen molar-refractivity contribution in [2.75, 3.05) is 6.61 Å². The molecule has 1 aliphatic rings. The smallest absolute Gasteiger partial charge is 0.300 e. The number of amides is 1. The van der Waals surface area contributed by atoms with Crippen LogP contribution < -0.4 is 21.3 Å². The van der Waals surface area contributed by atoms with Crippen LogP contribution in [0.15, 0.2) is 88.6 Å². The lowest BCUT2D eigenvalue weighted by atomic mass is 10.1. The number of aliphatic carboxylic acids is 1. The fourth-order valence-electron chi connectivity index (χ4n) is 4.33. The van der Waals surface area contributed by atoms with Crippen LogP contribution in [0.2, 0.25) is 0 Å². The topological polar surface area (TPSA) is 117 Å². The Bertz CT molecular complexity index is 1580. The summed E-state index contributed by atoms with van der Waals surface area (Å²) in [5.74, 6) is -0.0160. The first kappa shape index (κ1) is 28.1. The highest BCUT2D eigenvalue weighted by Crippen LogP contribution is 2.26. The Balaban J connectivity index is 0.000000867. The third-order valence-corrected chi connectivity index (χ3v) is 6.26. The van der Waals surface area contributed by atoms with E-state index in [2.05, 4.69) is 16.6 Å². The van der Waals surface area contributed by atoms with Gasteiger partial charge in [0.25, 0.3) is 11.5 Å². The molecule has 1 amide bonds. The largest absolute Gasteiger partial charge is 0.494 e. The van der Waals surface area contributed by atoms with Crippen LogP contribution >= 0.6 is 0 Å². The number of hydrogen-bond donors (Lipinski definition) is 2. The summed E-state index contributed by atoms with van der Waals surface area (Å²) in [4.78, 5) is 43.1. The summed E-state index contributed by atoms with van der Waals surface area (Å²) >= 11 is 0. The molecule has 0 bridgehead atoms. The van der Waals surface area contributed by atoms with Crippen LogP contribution in [0.5, 0.6) is 5.75 Å². The molecule has 9 nitrogen and oxygen atoms in total. The van der Waals surface area contributed by atoms with E-state index in [-0.39, 0.29) is 11.5 Å². The predicted molar refractivity (Wildman–Crippen MR) is 152 cm³/mol. The Morgan fingerprint density at radius 1 is 1.02 bits per heavy atom. The fourth-order valence-corrected chi connectivity index (χ4v) is 4.33. The van der Waals surface area contributed by atoms with Gasteiger partial charge < -0.3 is 19.3 Å². The number of rotatable bonds is 9. The van der Waals surface area contributed by atoms with Crippen LogP contribution in [0.3, 0.4) is 0 Å². The molecule has 0 atom stereocenters. The minimum Gasteiger partial charge on any atom is -0.494 e. The van der Waals surface area contributed by atoms with Crippen LogP contribution in [0.25, 0.3) is 6.58 Å². The highest BCUT2D eigenvalue weighted by atomic mass is 16.5. The molecule has 2 N–H and O–H groups in total. The van der Waals surface area contributed by atoms with E-state index in [9.17, 15) is 9.59 Å². The highest BCUT2D eigenvalue weighted by molar-refractivity contribution is 5.76. The Morgan fingerprint density at radius 2 is 1.62 bits per heavy atom. The van der Waals surface area contributed by atoms with Crippen molar-refractivity contribution in [3.63, 3.8) is 0 Å². The third-order valence-electron chi connectivity index (χ3n) is 6.26. The van der Waals surface area contributed by atoms with Gasteiger partial charge in [0.2, 0.25) is 11.5 Å². The molecule has 2 heterocycles. The summed E-state index contributed by atoms with van der Waals surface area (Å²) in [6.45, 7) is 6.99. The monoisotopic (exact) mass is 540 g/mol. The van der Waals surface area contributed by atoms with Gasteiger partial charge in [-0.3, -0.25) is 19.4 Å². The Labute approximate surface area is 231 Å². The summed E-state index contributed by atoms with van der Waals surface area (Å²) < 4.78 is 7.72. The number of carbonyl (C=O) groups is 2. The summed E-state index contributed by atoms with van der Waals surface area (Å²) in [6.07, 6.45) is 1.01. The standard InChI is InChI=1S/C29H28N4O3.C2H4O2/c1-21-28(35)31-29-30-26-15-14-25(17-24(26)20-33(21)29)36-16-8-13-27(34)32(18-22-9-4-2-5-10-22)19-23-11-6-3-7-12-23;1-2(3)4/h2-7,9-12,14-15,17H,1,8,13,16,18-20H2,(H,30,31,35);1H3,(H,3,4). The van der Waals surface area contributed by atoms with Crippen molar-refractivity contribution in [1.82, 2.24) is 14.5 Å². The number of nitrogens with one attached hydrogen (secondary N) is 1. The Hall–Kier alpha value is -4.92. The van der Waals surface area contributed by atoms with Crippen molar-refractivity contribution in [1.29, 1.82) is 0 Å². The number of H-pyrrole nitrogens is 1. The van der Waals surface area contributed by atoms with E-state index in [1.165, 1.54) is 0 Å². The Kier molecular flexibility index (Phi) is 9.30. The summed E-state index contributed by atoms with van der Waals surface area (Å²) in [5, 5.41) is 7.81. The number of fused-ring (bicyclic) bond motifs is 2. The van der Waals surface area contributed by atoms with Crippen LogP contribution in [0.1, 0.15) is 36.5 Å². The van der Waals surface area contributed by atoms with E-state index >= 15 is 0 Å². The van der Waals surface area contributed by atoms with Crippen molar-refractivity contribution in [3.05, 3.63) is 117 Å². The van der Waals surface area contributed by atoms with Gasteiger partial charge in [-0.2, -0.15) is 0 Å². The van der Waals surface area contributed by atoms with E-state index in [4.69, 9.17) is 14.6 Å². The molecule has 9 heteroatoms. The van der Waals surface area contributed by atoms with Gasteiger partial charge in [0.1, 0.15) is 11.1 Å². The van der Waals surface area contributed by atoms with Gasteiger partial charge in [0.05, 0.1) is 18.8 Å². The van der Waals surface area contributed by atoms with Gasteiger partial charge >= 0.3 is 0 Å². The number of ether oxygens (including phenoxy) is 1. The highest BCUT2D eigenvalue weighted by Gasteiger charge is 2.16. The van der Waals surface area contributed by atoms with Crippen LogP contribution in [0.4, 0.5) is 5.69 Å². The van der Waals surface area contributed by atoms with E-state index < -0.39 is 5.97 Å². The van der Waals surface area contributed by atoms with Crippen molar-refractivity contribution >= 4 is 24.1 Å². The maximum absolute atomic E-state index is 13.1. The molecule has 3 aromatic carbocycles. The van der Waals surface area contributed by atoms with E-state index in [1.807, 2.05) is 83.8 Å². The number of hydrogen-bond acceptors (Lipinski definition) is 5. The van der Waals surface area contributed by atoms with Crippen molar-refractivity contribution in [2.45, 2.75) is 39.4 Å². The quantitative estimate of drug-likeness (QED) is 0.278. The predicted octanol–water partition coefficient (Wildman–Crippen LogP) is 3.38. The maximum Gasteiger partial charge on any atom is 0.300 e. The molecule has 0 spiro atoms. The number of aromatic nitrogens is 2. The molecule has 0 fully saturated rings. The molecule has 4 aromatic rings. The molecule has 206 valence electrons. The number of imidazole rings is 1. The van der Waals surface area contributed by atoms with Crippen LogP contribution in [-0.4, -0.2) is 38.0 Å². The first-order chi connectivity index (χ1) is 19.3. The Morgan fingerprint density at radius 3 is 2.23 bits per heavy atom. The van der Waals surface area contributed by atoms with Gasteiger partial charge in [0.15, 0.2) is 0 Å². The average Bonchev–Trinajstić information content (AvgIpc) is 3.22. The van der Waals surface area contributed by atoms with Crippen molar-refractivity contribution < 1.29 is 19.4 Å². The zero-order valence-electron chi connectivity index (χ0n) is 22.4. The van der Waals surface area contributed by atoms with Gasteiger partial charge in [-0.15, -0.1) is 0 Å². The second-order valence-electron chi connectivity index (χ2n) is 9.40. The number of aromatic amines is 1. The SMILES string of the molecule is C=c1c(=O)[nH]c2n1Cc1cc(OCCCC(=O)N(Cc3ccccc3)Cc3ccccc3)ccc1N=2.CC(=O)O. The minimum absolute atomic E-state index is 0.100. The second-order valence-corrected chi connectivity index (χ2v) is 9.40. The molecule has 0 unspecified atom stereocenters. The molecule has 1 aromatic heterocycles. The number of carbonyl (C=O) groups excluding carboxylic acids is 1. The molecular weight excluding hydrogens is 508 g/mol. The molecule has 0 radical (unpaired) electrons. The number of benzene rings is 3. The summed E-state index contributed by atoms with van der Waals surface area (Å²) in [7, 11) is 0.